The first-order chi connectivity index (χ1) is 9.78. The molecule has 5 heteroatoms. The maximum Gasteiger partial charge on any atom is 0.410 e. The molecule has 1 amide bonds. The number of rotatable bonds is 1. The van der Waals surface area contributed by atoms with Gasteiger partial charge in [-0.2, -0.15) is 0 Å². The molecule has 2 rings (SSSR count). The summed E-state index contributed by atoms with van der Waals surface area (Å²) in [7, 11) is 0. The highest BCUT2D eigenvalue weighted by atomic mass is 16.6. The van der Waals surface area contributed by atoms with E-state index in [0.717, 1.165) is 12.0 Å². The lowest BCUT2D eigenvalue weighted by atomic mass is 9.85. The largest absolute Gasteiger partial charge is 0.508 e. The lowest BCUT2D eigenvalue weighted by Crippen LogP contribution is -2.50. The van der Waals surface area contributed by atoms with Gasteiger partial charge in [0, 0.05) is 25.0 Å². The number of likely N-dealkylation sites (tertiary alicyclic amines) is 1. The molecule has 3 N–H and O–H groups in total. The van der Waals surface area contributed by atoms with E-state index in [2.05, 4.69) is 0 Å². The SMILES string of the molecule is CC(C)(C)OC(=O)N1CCC(c2ccccc2O)C(N)C1. The van der Waals surface area contributed by atoms with Gasteiger partial charge >= 0.3 is 6.09 Å². The number of amides is 1. The smallest absolute Gasteiger partial charge is 0.410 e. The van der Waals surface area contributed by atoms with Gasteiger partial charge in [0.05, 0.1) is 0 Å². The highest BCUT2D eigenvalue weighted by Crippen LogP contribution is 2.33. The number of phenolic OH excluding ortho intramolecular Hbond substituents is 1. The van der Waals surface area contributed by atoms with Gasteiger partial charge in [-0.05, 0) is 38.8 Å². The monoisotopic (exact) mass is 292 g/mol. The summed E-state index contributed by atoms with van der Waals surface area (Å²) in [5, 5.41) is 9.95. The topological polar surface area (TPSA) is 75.8 Å². The normalized spacial score (nSPS) is 23.0. The molecule has 0 spiro atoms. The van der Waals surface area contributed by atoms with Crippen LogP contribution in [0.1, 0.15) is 38.7 Å². The molecule has 0 bridgehead atoms. The number of ether oxygens (including phenoxy) is 1. The number of phenols is 1. The minimum absolute atomic E-state index is 0.0601. The molecule has 1 heterocycles. The van der Waals surface area contributed by atoms with Crippen molar-refractivity contribution in [2.24, 2.45) is 5.73 Å². The second-order valence-electron chi connectivity index (χ2n) is 6.54. The van der Waals surface area contributed by atoms with Crippen LogP contribution in [0.3, 0.4) is 0 Å². The molecule has 1 aliphatic rings. The average Bonchev–Trinajstić information content (AvgIpc) is 2.38. The first kappa shape index (κ1) is 15.6. The minimum Gasteiger partial charge on any atom is -0.508 e. The molecular formula is C16H24N2O3. The summed E-state index contributed by atoms with van der Waals surface area (Å²) in [6, 6.07) is 7.03. The molecule has 0 radical (unpaired) electrons. The number of aromatic hydroxyl groups is 1. The molecule has 1 saturated heterocycles. The fourth-order valence-corrected chi connectivity index (χ4v) is 2.66. The molecule has 2 unspecified atom stereocenters. The van der Waals surface area contributed by atoms with Gasteiger partial charge in [0.15, 0.2) is 0 Å². The van der Waals surface area contributed by atoms with Crippen LogP contribution in [0.4, 0.5) is 4.79 Å². The summed E-state index contributed by atoms with van der Waals surface area (Å²) in [5.74, 6) is 0.327. The summed E-state index contributed by atoms with van der Waals surface area (Å²) in [6.07, 6.45) is 0.395. The van der Waals surface area contributed by atoms with Crippen molar-refractivity contribution in [1.29, 1.82) is 0 Å². The fourth-order valence-electron chi connectivity index (χ4n) is 2.66. The third kappa shape index (κ3) is 3.88. The number of nitrogens with zero attached hydrogens (tertiary/aromatic N) is 1. The number of nitrogens with two attached hydrogens (primary N) is 1. The first-order valence-corrected chi connectivity index (χ1v) is 7.29. The van der Waals surface area contributed by atoms with Crippen molar-refractivity contribution >= 4 is 6.09 Å². The second-order valence-corrected chi connectivity index (χ2v) is 6.54. The van der Waals surface area contributed by atoms with Crippen LogP contribution in [0, 0.1) is 0 Å². The molecule has 116 valence electrons. The number of hydrogen-bond acceptors (Lipinski definition) is 4. The molecule has 0 saturated carbocycles. The van der Waals surface area contributed by atoms with Gasteiger partial charge in [-0.1, -0.05) is 18.2 Å². The van der Waals surface area contributed by atoms with Crippen LogP contribution >= 0.6 is 0 Å². The van der Waals surface area contributed by atoms with Crippen LogP contribution in [-0.4, -0.2) is 40.8 Å². The number of hydrogen-bond donors (Lipinski definition) is 2. The zero-order chi connectivity index (χ0) is 15.6. The number of para-hydroxylation sites is 1. The van der Waals surface area contributed by atoms with Crippen molar-refractivity contribution in [2.75, 3.05) is 13.1 Å². The number of benzene rings is 1. The quantitative estimate of drug-likeness (QED) is 0.833. The Bertz CT molecular complexity index is 510. The zero-order valence-corrected chi connectivity index (χ0v) is 12.9. The Balaban J connectivity index is 2.03. The number of piperidine rings is 1. The van der Waals surface area contributed by atoms with E-state index in [1.165, 1.54) is 0 Å². The second kappa shape index (κ2) is 5.93. The van der Waals surface area contributed by atoms with E-state index >= 15 is 0 Å². The van der Waals surface area contributed by atoms with Crippen molar-refractivity contribution in [3.8, 4) is 5.75 Å². The number of carbonyl (C=O) groups is 1. The van der Waals surface area contributed by atoms with E-state index in [0.29, 0.717) is 13.1 Å². The predicted molar refractivity (Wildman–Crippen MR) is 81.2 cm³/mol. The van der Waals surface area contributed by atoms with E-state index in [-0.39, 0.29) is 23.8 Å². The highest BCUT2D eigenvalue weighted by molar-refractivity contribution is 5.68. The molecule has 0 aromatic heterocycles. The summed E-state index contributed by atoms with van der Waals surface area (Å²) >= 11 is 0. The fraction of sp³-hybridized carbons (Fsp3) is 0.562. The van der Waals surface area contributed by atoms with Gasteiger partial charge < -0.3 is 20.5 Å². The van der Waals surface area contributed by atoms with Crippen LogP contribution < -0.4 is 5.73 Å². The van der Waals surface area contributed by atoms with E-state index in [4.69, 9.17) is 10.5 Å². The Kier molecular flexibility index (Phi) is 4.42. The Hall–Kier alpha value is -1.75. The van der Waals surface area contributed by atoms with Crippen LogP contribution in [0.15, 0.2) is 24.3 Å². The molecule has 1 aromatic rings. The minimum atomic E-state index is -0.504. The molecule has 0 aliphatic carbocycles. The first-order valence-electron chi connectivity index (χ1n) is 7.29. The van der Waals surface area contributed by atoms with E-state index in [1.54, 1.807) is 17.0 Å². The Morgan fingerprint density at radius 2 is 2.05 bits per heavy atom. The van der Waals surface area contributed by atoms with Crippen LogP contribution in [0.5, 0.6) is 5.75 Å². The highest BCUT2D eigenvalue weighted by Gasteiger charge is 2.33. The van der Waals surface area contributed by atoms with Crippen molar-refractivity contribution in [3.63, 3.8) is 0 Å². The lowest BCUT2D eigenvalue weighted by molar-refractivity contribution is 0.0186. The molecule has 21 heavy (non-hydrogen) atoms. The maximum absolute atomic E-state index is 12.1. The van der Waals surface area contributed by atoms with E-state index in [1.807, 2.05) is 32.9 Å². The Morgan fingerprint density at radius 1 is 1.38 bits per heavy atom. The maximum atomic E-state index is 12.1. The van der Waals surface area contributed by atoms with Crippen LogP contribution in [0.25, 0.3) is 0 Å². The van der Waals surface area contributed by atoms with Gasteiger partial charge in [-0.25, -0.2) is 4.79 Å². The molecule has 1 aromatic carbocycles. The Morgan fingerprint density at radius 3 is 2.62 bits per heavy atom. The Labute approximate surface area is 125 Å². The summed E-state index contributed by atoms with van der Waals surface area (Å²) in [5.41, 5.74) is 6.56. The zero-order valence-electron chi connectivity index (χ0n) is 12.9. The summed E-state index contributed by atoms with van der Waals surface area (Å²) < 4.78 is 5.37. The predicted octanol–water partition coefficient (Wildman–Crippen LogP) is 2.44. The van der Waals surface area contributed by atoms with Crippen molar-refractivity contribution in [3.05, 3.63) is 29.8 Å². The summed E-state index contributed by atoms with van der Waals surface area (Å²) in [6.45, 7) is 6.56. The van der Waals surface area contributed by atoms with Gasteiger partial charge in [0.2, 0.25) is 0 Å². The van der Waals surface area contributed by atoms with Gasteiger partial charge in [-0.15, -0.1) is 0 Å². The summed E-state index contributed by atoms with van der Waals surface area (Å²) in [4.78, 5) is 13.7. The molecular weight excluding hydrogens is 268 g/mol. The molecule has 1 fully saturated rings. The van der Waals surface area contributed by atoms with Crippen LogP contribution in [0.2, 0.25) is 0 Å². The van der Waals surface area contributed by atoms with Crippen molar-refractivity contribution < 1.29 is 14.6 Å². The molecule has 5 nitrogen and oxygen atoms in total. The van der Waals surface area contributed by atoms with Gasteiger partial charge in [0.1, 0.15) is 11.4 Å². The third-order valence-corrected chi connectivity index (χ3v) is 3.65. The molecule has 1 aliphatic heterocycles. The van der Waals surface area contributed by atoms with Crippen LogP contribution in [-0.2, 0) is 4.74 Å². The average molecular weight is 292 g/mol. The van der Waals surface area contributed by atoms with Gasteiger partial charge in [-0.3, -0.25) is 0 Å². The number of carbonyl (C=O) groups excluding carboxylic acids is 1. The lowest BCUT2D eigenvalue weighted by Gasteiger charge is -2.37. The van der Waals surface area contributed by atoms with E-state index in [9.17, 15) is 9.90 Å². The van der Waals surface area contributed by atoms with Crippen molar-refractivity contribution in [2.45, 2.75) is 44.8 Å². The standard InChI is InChI=1S/C16H24N2O3/c1-16(2,3)21-15(20)18-9-8-11(13(17)10-18)12-6-4-5-7-14(12)19/h4-7,11,13,19H,8-10,17H2,1-3H3. The molecule has 2 atom stereocenters. The third-order valence-electron chi connectivity index (χ3n) is 3.65. The van der Waals surface area contributed by atoms with Crippen molar-refractivity contribution in [1.82, 2.24) is 4.90 Å². The van der Waals surface area contributed by atoms with Gasteiger partial charge in [0.25, 0.3) is 0 Å². The van der Waals surface area contributed by atoms with E-state index < -0.39 is 5.60 Å².